The van der Waals surface area contributed by atoms with E-state index in [1.807, 2.05) is 82.3 Å². The van der Waals surface area contributed by atoms with Crippen molar-refractivity contribution in [2.24, 2.45) is 0 Å². The molecular formula is C28H28N2O3. The highest BCUT2D eigenvalue weighted by Crippen LogP contribution is 2.32. The van der Waals surface area contributed by atoms with Gasteiger partial charge in [-0.05, 0) is 57.5 Å². The maximum absolute atomic E-state index is 13.3. The summed E-state index contributed by atoms with van der Waals surface area (Å²) < 4.78 is 6.44. The van der Waals surface area contributed by atoms with Crippen molar-refractivity contribution in [2.75, 3.05) is 12.4 Å². The molecule has 0 bridgehead atoms. The van der Waals surface area contributed by atoms with E-state index < -0.39 is 0 Å². The topological polar surface area (TPSA) is 71.3 Å². The van der Waals surface area contributed by atoms with E-state index in [1.54, 1.807) is 13.1 Å². The molecule has 0 aliphatic rings. The third-order valence-corrected chi connectivity index (χ3v) is 5.91. The maximum Gasteiger partial charge on any atom is 0.253 e. The van der Waals surface area contributed by atoms with Crippen LogP contribution in [0.3, 0.4) is 0 Å². The van der Waals surface area contributed by atoms with E-state index in [0.29, 0.717) is 33.5 Å². The molecule has 1 heterocycles. The van der Waals surface area contributed by atoms with Crippen molar-refractivity contribution in [3.05, 3.63) is 98.7 Å². The summed E-state index contributed by atoms with van der Waals surface area (Å²) in [6, 6.07) is 19.0. The van der Waals surface area contributed by atoms with Gasteiger partial charge in [0.1, 0.15) is 11.3 Å². The van der Waals surface area contributed by atoms with Crippen LogP contribution in [0.1, 0.15) is 45.6 Å². The van der Waals surface area contributed by atoms with Crippen molar-refractivity contribution >= 4 is 22.6 Å². The molecule has 168 valence electrons. The first-order valence-corrected chi connectivity index (χ1v) is 11.0. The average Bonchev–Trinajstić information content (AvgIpc) is 2.81. The molecule has 2 N–H and O–H groups in total. The van der Waals surface area contributed by atoms with Crippen molar-refractivity contribution in [3.63, 3.8) is 0 Å². The summed E-state index contributed by atoms with van der Waals surface area (Å²) in [5, 5.41) is 6.68. The number of amides is 1. The SMILES string of the molecule is CNC(=O)c1ccccc1N[C@H](C)c1cc(C)cc2c(=O)c(C)c(-c3cccc(C)c3)oc12. The van der Waals surface area contributed by atoms with Crippen LogP contribution in [-0.2, 0) is 0 Å². The number of anilines is 1. The van der Waals surface area contributed by atoms with E-state index in [2.05, 4.69) is 10.6 Å². The van der Waals surface area contributed by atoms with E-state index in [4.69, 9.17) is 4.42 Å². The first kappa shape index (κ1) is 22.3. The lowest BCUT2D eigenvalue weighted by Crippen LogP contribution is -2.20. The van der Waals surface area contributed by atoms with E-state index in [-0.39, 0.29) is 17.4 Å². The molecular weight excluding hydrogens is 412 g/mol. The molecule has 1 atom stereocenters. The Labute approximate surface area is 193 Å². The molecule has 0 radical (unpaired) electrons. The minimum Gasteiger partial charge on any atom is -0.455 e. The van der Waals surface area contributed by atoms with Crippen LogP contribution in [0.25, 0.3) is 22.3 Å². The van der Waals surface area contributed by atoms with E-state index in [1.165, 1.54) is 0 Å². The number of hydrogen-bond acceptors (Lipinski definition) is 4. The number of hydrogen-bond donors (Lipinski definition) is 2. The highest BCUT2D eigenvalue weighted by Gasteiger charge is 2.20. The standard InChI is InChI=1S/C28H28N2O3/c1-16-9-8-10-20(13-16)26-18(3)25(31)23-15-17(2)14-22(27(23)33-26)19(4)30-24-12-7-6-11-21(24)28(32)29-5/h6-15,19,30H,1-5H3,(H,29,32)/t19-/m1/s1. The van der Waals surface area contributed by atoms with Crippen LogP contribution in [0.15, 0.2) is 69.9 Å². The lowest BCUT2D eigenvalue weighted by molar-refractivity contribution is 0.0964. The second-order valence-electron chi connectivity index (χ2n) is 8.48. The van der Waals surface area contributed by atoms with Gasteiger partial charge in [0.05, 0.1) is 17.0 Å². The molecule has 5 nitrogen and oxygen atoms in total. The molecule has 4 aromatic rings. The van der Waals surface area contributed by atoms with E-state index >= 15 is 0 Å². The lowest BCUT2D eigenvalue weighted by Gasteiger charge is -2.20. The first-order chi connectivity index (χ1) is 15.8. The predicted molar refractivity (Wildman–Crippen MR) is 134 cm³/mol. The number of aryl methyl sites for hydroxylation is 2. The molecule has 5 heteroatoms. The third kappa shape index (κ3) is 4.27. The van der Waals surface area contributed by atoms with Gasteiger partial charge in [0.25, 0.3) is 5.91 Å². The van der Waals surface area contributed by atoms with Gasteiger partial charge in [0, 0.05) is 29.4 Å². The Hall–Kier alpha value is -3.86. The number of para-hydroxylation sites is 1. The van der Waals surface area contributed by atoms with Gasteiger partial charge in [0.2, 0.25) is 0 Å². The fourth-order valence-corrected chi connectivity index (χ4v) is 4.20. The molecule has 4 rings (SSSR count). The van der Waals surface area contributed by atoms with Gasteiger partial charge in [-0.1, -0.05) is 42.0 Å². The van der Waals surface area contributed by atoms with Gasteiger partial charge in [-0.3, -0.25) is 9.59 Å². The van der Waals surface area contributed by atoms with Crippen LogP contribution < -0.4 is 16.1 Å². The Morgan fingerprint density at radius 2 is 1.70 bits per heavy atom. The van der Waals surface area contributed by atoms with Crippen molar-refractivity contribution in [2.45, 2.75) is 33.7 Å². The van der Waals surface area contributed by atoms with Gasteiger partial charge in [0.15, 0.2) is 5.43 Å². The summed E-state index contributed by atoms with van der Waals surface area (Å²) >= 11 is 0. The fraction of sp³-hybridized carbons (Fsp3) is 0.214. The number of carbonyl (C=O) groups is 1. The Bertz CT molecular complexity index is 1420. The number of fused-ring (bicyclic) bond motifs is 1. The summed E-state index contributed by atoms with van der Waals surface area (Å²) in [7, 11) is 1.61. The molecule has 0 aliphatic heterocycles. The van der Waals surface area contributed by atoms with Crippen LogP contribution in [0.4, 0.5) is 5.69 Å². The molecule has 1 amide bonds. The first-order valence-electron chi connectivity index (χ1n) is 11.0. The number of carbonyl (C=O) groups excluding carboxylic acids is 1. The van der Waals surface area contributed by atoms with Gasteiger partial charge in [-0.15, -0.1) is 0 Å². The second kappa shape index (κ2) is 8.94. The smallest absolute Gasteiger partial charge is 0.253 e. The Kier molecular flexibility index (Phi) is 6.05. The van der Waals surface area contributed by atoms with Crippen LogP contribution in [0, 0.1) is 20.8 Å². The third-order valence-electron chi connectivity index (χ3n) is 5.91. The van der Waals surface area contributed by atoms with E-state index in [9.17, 15) is 9.59 Å². The average molecular weight is 441 g/mol. The normalized spacial score (nSPS) is 11.9. The second-order valence-corrected chi connectivity index (χ2v) is 8.48. The highest BCUT2D eigenvalue weighted by atomic mass is 16.3. The maximum atomic E-state index is 13.3. The zero-order valence-corrected chi connectivity index (χ0v) is 19.6. The Morgan fingerprint density at radius 1 is 0.939 bits per heavy atom. The minimum absolute atomic E-state index is 0.0318. The van der Waals surface area contributed by atoms with Gasteiger partial charge < -0.3 is 15.1 Å². The van der Waals surface area contributed by atoms with Crippen molar-refractivity contribution in [3.8, 4) is 11.3 Å². The summed E-state index contributed by atoms with van der Waals surface area (Å²) in [6.07, 6.45) is 0. The molecule has 0 fully saturated rings. The number of nitrogens with one attached hydrogen (secondary N) is 2. The van der Waals surface area contributed by atoms with Crippen LogP contribution in [0.5, 0.6) is 0 Å². The summed E-state index contributed by atoms with van der Waals surface area (Å²) in [4.78, 5) is 25.7. The van der Waals surface area contributed by atoms with Gasteiger partial charge in [-0.25, -0.2) is 0 Å². The highest BCUT2D eigenvalue weighted by molar-refractivity contribution is 5.99. The Morgan fingerprint density at radius 3 is 2.42 bits per heavy atom. The number of rotatable bonds is 5. The van der Waals surface area contributed by atoms with Crippen molar-refractivity contribution in [1.29, 1.82) is 0 Å². The van der Waals surface area contributed by atoms with E-state index in [0.717, 1.165) is 22.3 Å². The largest absolute Gasteiger partial charge is 0.455 e. The van der Waals surface area contributed by atoms with Crippen molar-refractivity contribution in [1.82, 2.24) is 5.32 Å². The predicted octanol–water partition coefficient (Wildman–Crippen LogP) is 5.92. The van der Waals surface area contributed by atoms with Crippen molar-refractivity contribution < 1.29 is 9.21 Å². The molecule has 0 saturated carbocycles. The van der Waals surface area contributed by atoms with Gasteiger partial charge in [-0.2, -0.15) is 0 Å². The zero-order chi connectivity index (χ0) is 23.7. The monoisotopic (exact) mass is 440 g/mol. The number of benzene rings is 3. The van der Waals surface area contributed by atoms with Gasteiger partial charge >= 0.3 is 0 Å². The molecule has 0 unspecified atom stereocenters. The summed E-state index contributed by atoms with van der Waals surface area (Å²) in [5.41, 5.74) is 6.21. The molecule has 0 aliphatic carbocycles. The quantitative estimate of drug-likeness (QED) is 0.404. The summed E-state index contributed by atoms with van der Waals surface area (Å²) in [5.74, 6) is 0.419. The summed E-state index contributed by atoms with van der Waals surface area (Å²) in [6.45, 7) is 7.80. The minimum atomic E-state index is -0.213. The van der Waals surface area contributed by atoms with Crippen LogP contribution in [0.2, 0.25) is 0 Å². The molecule has 1 aromatic heterocycles. The fourth-order valence-electron chi connectivity index (χ4n) is 4.20. The lowest BCUT2D eigenvalue weighted by atomic mass is 9.98. The Balaban J connectivity index is 1.88. The molecule has 0 saturated heterocycles. The van der Waals surface area contributed by atoms with Crippen LogP contribution in [-0.4, -0.2) is 13.0 Å². The molecule has 3 aromatic carbocycles. The molecule has 0 spiro atoms. The zero-order valence-electron chi connectivity index (χ0n) is 19.6. The molecule has 33 heavy (non-hydrogen) atoms. The van der Waals surface area contributed by atoms with Crippen LogP contribution >= 0.6 is 0 Å².